The standard InChI is InChI=1S/C29H29ClFN7O3.H3N/c1-35-18-32-14-23(35)15-37-26-12-19(29(39)40)3-5-25(26)33-27(37)16-36-9-6-22(7-10-36)38-11-8-28(34-38)41-17-20-2-4-21(30)13-24(20)31;/h2-5,8,11-14,18,22H,6-7,9-10,15-17H2,1H3,(H,39,40);1H3. The van der Waals surface area contributed by atoms with Crippen LogP contribution >= 0.6 is 11.6 Å². The number of ether oxygens (including phenoxy) is 1. The first-order valence-corrected chi connectivity index (χ1v) is 13.7. The smallest absolute Gasteiger partial charge is 0.335 e. The lowest BCUT2D eigenvalue weighted by atomic mass is 10.1. The Morgan fingerprint density at radius 1 is 1.14 bits per heavy atom. The van der Waals surface area contributed by atoms with E-state index in [2.05, 4.69) is 19.5 Å². The molecule has 5 aromatic rings. The highest BCUT2D eigenvalue weighted by atomic mass is 35.5. The fraction of sp³-hybridized carbons (Fsp3) is 0.310. The van der Waals surface area contributed by atoms with Gasteiger partial charge in [0.1, 0.15) is 18.2 Å². The molecule has 4 N–H and O–H groups in total. The molecule has 0 atom stereocenters. The van der Waals surface area contributed by atoms with Gasteiger partial charge in [0.15, 0.2) is 0 Å². The molecule has 4 heterocycles. The number of aromatic nitrogens is 6. The van der Waals surface area contributed by atoms with Gasteiger partial charge in [-0.25, -0.2) is 19.2 Å². The molecule has 1 saturated heterocycles. The van der Waals surface area contributed by atoms with Gasteiger partial charge in [-0.1, -0.05) is 17.7 Å². The molecule has 11 nitrogen and oxygen atoms in total. The maximum absolute atomic E-state index is 14.1. The third-order valence-corrected chi connectivity index (χ3v) is 7.82. The minimum Gasteiger partial charge on any atom is -0.478 e. The average Bonchev–Trinajstić information content (AvgIpc) is 3.68. The molecule has 0 radical (unpaired) electrons. The van der Waals surface area contributed by atoms with Crippen LogP contribution in [0, 0.1) is 5.82 Å². The number of likely N-dealkylation sites (tertiary alicyclic amines) is 1. The lowest BCUT2D eigenvalue weighted by Gasteiger charge is -2.31. The third kappa shape index (κ3) is 6.15. The SMILES string of the molecule is Cn1cncc1Cn1c(CN2CCC(n3ccc(OCc4ccc(Cl)cc4F)n3)CC2)nc2ccc(C(=O)O)cc21.N. The summed E-state index contributed by atoms with van der Waals surface area (Å²) < 4.78 is 25.8. The average molecular weight is 595 g/mol. The van der Waals surface area contributed by atoms with Crippen molar-refractivity contribution in [3.8, 4) is 5.88 Å². The van der Waals surface area contributed by atoms with Crippen LogP contribution in [-0.2, 0) is 26.7 Å². The van der Waals surface area contributed by atoms with Gasteiger partial charge in [-0.3, -0.25) is 9.58 Å². The van der Waals surface area contributed by atoms with E-state index in [-0.39, 0.29) is 24.4 Å². The number of carbonyl (C=O) groups is 1. The maximum atomic E-state index is 14.1. The van der Waals surface area contributed by atoms with Crippen molar-refractivity contribution in [3.63, 3.8) is 0 Å². The van der Waals surface area contributed by atoms with Crippen molar-refractivity contribution >= 4 is 28.6 Å². The highest BCUT2D eigenvalue weighted by Crippen LogP contribution is 2.27. The van der Waals surface area contributed by atoms with E-state index in [0.717, 1.165) is 48.5 Å². The van der Waals surface area contributed by atoms with Gasteiger partial charge in [-0.15, -0.1) is 5.10 Å². The molecule has 13 heteroatoms. The van der Waals surface area contributed by atoms with E-state index < -0.39 is 11.8 Å². The minimum absolute atomic E-state index is 0. The van der Waals surface area contributed by atoms with Gasteiger partial charge in [-0.2, -0.15) is 0 Å². The molecule has 0 amide bonds. The van der Waals surface area contributed by atoms with Crippen molar-refractivity contribution < 1.29 is 19.0 Å². The Hall–Kier alpha value is -4.26. The Kier molecular flexibility index (Phi) is 8.57. The maximum Gasteiger partial charge on any atom is 0.335 e. The van der Waals surface area contributed by atoms with Gasteiger partial charge in [0.25, 0.3) is 0 Å². The van der Waals surface area contributed by atoms with Crippen molar-refractivity contribution in [2.24, 2.45) is 7.05 Å². The number of imidazole rings is 2. The van der Waals surface area contributed by atoms with Crippen LogP contribution in [0.3, 0.4) is 0 Å². The summed E-state index contributed by atoms with van der Waals surface area (Å²) in [6.45, 7) is 2.96. The van der Waals surface area contributed by atoms with Crippen LogP contribution in [0.2, 0.25) is 5.02 Å². The summed E-state index contributed by atoms with van der Waals surface area (Å²) in [4.78, 5) is 23.1. The van der Waals surface area contributed by atoms with E-state index in [1.807, 2.05) is 28.7 Å². The van der Waals surface area contributed by atoms with Crippen molar-refractivity contribution in [1.29, 1.82) is 0 Å². The summed E-state index contributed by atoms with van der Waals surface area (Å²) >= 11 is 5.83. The van der Waals surface area contributed by atoms with Gasteiger partial charge < -0.3 is 25.1 Å². The van der Waals surface area contributed by atoms with Crippen molar-refractivity contribution in [1.82, 2.24) is 39.9 Å². The van der Waals surface area contributed by atoms with Crippen LogP contribution < -0.4 is 10.9 Å². The van der Waals surface area contributed by atoms with E-state index in [1.165, 1.54) is 6.07 Å². The summed E-state index contributed by atoms with van der Waals surface area (Å²) in [5.74, 6) is -0.0357. The van der Waals surface area contributed by atoms with Crippen LogP contribution in [0.5, 0.6) is 5.88 Å². The molecule has 0 unspecified atom stereocenters. The molecule has 1 aliphatic heterocycles. The number of aromatic carboxylic acids is 1. The first kappa shape index (κ1) is 29.2. The van der Waals surface area contributed by atoms with Crippen LogP contribution in [-0.4, -0.2) is 57.9 Å². The van der Waals surface area contributed by atoms with E-state index in [1.54, 1.807) is 42.7 Å². The quantitative estimate of drug-likeness (QED) is 0.241. The number of rotatable bonds is 9. The van der Waals surface area contributed by atoms with E-state index in [0.29, 0.717) is 29.6 Å². The van der Waals surface area contributed by atoms with Crippen molar-refractivity contribution in [2.75, 3.05) is 13.1 Å². The zero-order chi connectivity index (χ0) is 28.5. The predicted octanol–water partition coefficient (Wildman–Crippen LogP) is 5.08. The van der Waals surface area contributed by atoms with Gasteiger partial charge in [0.05, 0.1) is 47.7 Å². The lowest BCUT2D eigenvalue weighted by Crippen LogP contribution is -2.35. The van der Waals surface area contributed by atoms with Crippen LogP contribution in [0.15, 0.2) is 61.2 Å². The third-order valence-electron chi connectivity index (χ3n) is 7.58. The summed E-state index contributed by atoms with van der Waals surface area (Å²) in [5.41, 5.74) is 3.21. The van der Waals surface area contributed by atoms with Crippen LogP contribution in [0.4, 0.5) is 4.39 Å². The van der Waals surface area contributed by atoms with Gasteiger partial charge in [0.2, 0.25) is 5.88 Å². The summed E-state index contributed by atoms with van der Waals surface area (Å²) in [7, 11) is 1.94. The number of benzene rings is 2. The van der Waals surface area contributed by atoms with E-state index >= 15 is 0 Å². The normalized spacial score (nSPS) is 14.3. The Morgan fingerprint density at radius 3 is 2.67 bits per heavy atom. The second kappa shape index (κ2) is 12.3. The van der Waals surface area contributed by atoms with Crippen molar-refractivity contribution in [3.05, 3.63) is 94.7 Å². The number of halogens is 2. The topological polar surface area (TPSA) is 138 Å². The molecule has 0 saturated carbocycles. The highest BCUT2D eigenvalue weighted by molar-refractivity contribution is 6.30. The number of carboxylic acids is 1. The molecular weight excluding hydrogens is 563 g/mol. The van der Waals surface area contributed by atoms with Crippen LogP contribution in [0.1, 0.15) is 46.3 Å². The first-order chi connectivity index (χ1) is 19.8. The zero-order valence-corrected chi connectivity index (χ0v) is 23.9. The van der Waals surface area contributed by atoms with Crippen molar-refractivity contribution in [2.45, 2.75) is 38.6 Å². The molecular formula is C29H32ClFN8O3. The van der Waals surface area contributed by atoms with E-state index in [4.69, 9.17) is 21.3 Å². The first-order valence-electron chi connectivity index (χ1n) is 13.4. The summed E-state index contributed by atoms with van der Waals surface area (Å²) in [6.07, 6.45) is 7.27. The Labute approximate surface area is 246 Å². The molecule has 0 aliphatic carbocycles. The Morgan fingerprint density at radius 2 is 1.95 bits per heavy atom. The zero-order valence-electron chi connectivity index (χ0n) is 23.2. The van der Waals surface area contributed by atoms with Gasteiger partial charge >= 0.3 is 5.97 Å². The largest absolute Gasteiger partial charge is 0.478 e. The fourth-order valence-corrected chi connectivity index (χ4v) is 5.39. The van der Waals surface area contributed by atoms with E-state index in [9.17, 15) is 14.3 Å². The number of carboxylic acid groups (broad SMARTS) is 1. The molecule has 42 heavy (non-hydrogen) atoms. The summed E-state index contributed by atoms with van der Waals surface area (Å²) in [6, 6.07) is 11.6. The second-order valence-corrected chi connectivity index (χ2v) is 10.7. The van der Waals surface area contributed by atoms with Gasteiger partial charge in [-0.05, 0) is 43.2 Å². The molecule has 220 valence electrons. The minimum atomic E-state index is -0.965. The molecule has 0 spiro atoms. The molecule has 1 fully saturated rings. The molecule has 1 aliphatic rings. The Bertz CT molecular complexity index is 1710. The number of hydrogen-bond donors (Lipinski definition) is 2. The van der Waals surface area contributed by atoms with Gasteiger partial charge in [0, 0.05) is 49.2 Å². The molecule has 0 bridgehead atoms. The Balaban J connectivity index is 0.00000353. The highest BCUT2D eigenvalue weighted by Gasteiger charge is 2.24. The summed E-state index contributed by atoms with van der Waals surface area (Å²) in [5, 5.41) is 14.5. The number of hydrogen-bond acceptors (Lipinski definition) is 7. The number of fused-ring (bicyclic) bond motifs is 1. The number of aryl methyl sites for hydroxylation is 1. The second-order valence-electron chi connectivity index (χ2n) is 10.3. The number of nitrogens with zero attached hydrogens (tertiary/aromatic N) is 7. The number of piperidine rings is 1. The predicted molar refractivity (Wildman–Crippen MR) is 156 cm³/mol. The lowest BCUT2D eigenvalue weighted by molar-refractivity contribution is 0.0697. The van der Waals surface area contributed by atoms with Crippen LogP contribution in [0.25, 0.3) is 11.0 Å². The molecule has 6 rings (SSSR count). The molecule has 2 aromatic carbocycles. The fourth-order valence-electron chi connectivity index (χ4n) is 5.24. The monoisotopic (exact) mass is 594 g/mol. The molecule has 3 aromatic heterocycles.